The van der Waals surface area contributed by atoms with Crippen LogP contribution in [0.3, 0.4) is 0 Å². The molecule has 0 saturated heterocycles. The molecule has 0 radical (unpaired) electrons. The maximum Gasteiger partial charge on any atom is 0.226 e. The largest absolute Gasteiger partial charge is 0.444 e. The van der Waals surface area contributed by atoms with E-state index in [1.807, 2.05) is 36.7 Å². The highest BCUT2D eigenvalue weighted by Gasteiger charge is 2.07. The summed E-state index contributed by atoms with van der Waals surface area (Å²) in [4.78, 5) is 13.3. The van der Waals surface area contributed by atoms with Gasteiger partial charge < -0.3 is 19.6 Å². The van der Waals surface area contributed by atoms with Crippen LogP contribution in [0.2, 0.25) is 0 Å². The first-order chi connectivity index (χ1) is 14.7. The van der Waals surface area contributed by atoms with E-state index in [9.17, 15) is 0 Å². The number of imidazole rings is 1. The number of nitrogens with zero attached hydrogens (tertiary/aromatic N) is 4. The van der Waals surface area contributed by atoms with E-state index < -0.39 is 0 Å². The van der Waals surface area contributed by atoms with Gasteiger partial charge in [-0.05, 0) is 37.6 Å². The van der Waals surface area contributed by atoms with Gasteiger partial charge in [0.25, 0.3) is 0 Å². The maximum absolute atomic E-state index is 5.61. The molecule has 0 aliphatic rings. The summed E-state index contributed by atoms with van der Waals surface area (Å²) >= 11 is 0. The Labute approximate surface area is 175 Å². The molecule has 7 nitrogen and oxygen atoms in total. The normalized spacial score (nSPS) is 11.7. The first-order valence-electron chi connectivity index (χ1n) is 10.1. The summed E-state index contributed by atoms with van der Waals surface area (Å²) in [6.07, 6.45) is 4.54. The Kier molecular flexibility index (Phi) is 6.08. The molecule has 4 aromatic rings. The van der Waals surface area contributed by atoms with Gasteiger partial charge >= 0.3 is 0 Å². The van der Waals surface area contributed by atoms with Crippen LogP contribution in [0.25, 0.3) is 22.5 Å². The second-order valence-electron chi connectivity index (χ2n) is 7.14. The van der Waals surface area contributed by atoms with Crippen LogP contribution in [0.15, 0.2) is 70.5 Å². The van der Waals surface area contributed by atoms with Crippen molar-refractivity contribution in [1.82, 2.24) is 25.2 Å². The zero-order valence-corrected chi connectivity index (χ0v) is 17.3. The van der Waals surface area contributed by atoms with E-state index >= 15 is 0 Å². The Morgan fingerprint density at radius 2 is 1.93 bits per heavy atom. The summed E-state index contributed by atoms with van der Waals surface area (Å²) in [5.41, 5.74) is 5.21. The van der Waals surface area contributed by atoms with Crippen molar-refractivity contribution in [3.05, 3.63) is 72.4 Å². The molecule has 2 N–H and O–H groups in total. The number of benzene rings is 2. The molecular weight excluding hydrogens is 376 g/mol. The fourth-order valence-electron chi connectivity index (χ4n) is 3.26. The van der Waals surface area contributed by atoms with E-state index in [0.29, 0.717) is 12.4 Å². The summed E-state index contributed by atoms with van der Waals surface area (Å²) in [5, 5.41) is 6.62. The molecular formula is C23H26N6O. The number of aromatic nitrogens is 3. The zero-order valence-electron chi connectivity index (χ0n) is 17.3. The number of para-hydroxylation sites is 2. The van der Waals surface area contributed by atoms with Crippen LogP contribution in [-0.2, 0) is 13.1 Å². The number of oxazole rings is 1. The van der Waals surface area contributed by atoms with Crippen molar-refractivity contribution < 1.29 is 4.42 Å². The molecule has 0 unspecified atom stereocenters. The van der Waals surface area contributed by atoms with Gasteiger partial charge in [-0.25, -0.2) is 9.97 Å². The number of rotatable bonds is 7. The van der Waals surface area contributed by atoms with Gasteiger partial charge in [0.2, 0.25) is 5.89 Å². The highest BCUT2D eigenvalue weighted by molar-refractivity contribution is 5.79. The molecule has 0 bridgehead atoms. The number of guanidine groups is 1. The molecule has 0 fully saturated rings. The average molecular weight is 403 g/mol. The SMILES string of the molecule is CN=C(NCCCn1cnc2ccccc21)NCc1coc(-c2ccc(C)cc2)n1. The van der Waals surface area contributed by atoms with Crippen LogP contribution in [0.4, 0.5) is 0 Å². The van der Waals surface area contributed by atoms with Gasteiger partial charge in [-0.1, -0.05) is 29.8 Å². The van der Waals surface area contributed by atoms with E-state index in [2.05, 4.69) is 55.3 Å². The number of fused-ring (bicyclic) bond motifs is 1. The lowest BCUT2D eigenvalue weighted by atomic mass is 10.1. The molecule has 0 spiro atoms. The minimum Gasteiger partial charge on any atom is -0.444 e. The summed E-state index contributed by atoms with van der Waals surface area (Å²) < 4.78 is 7.79. The van der Waals surface area contributed by atoms with Crippen molar-refractivity contribution in [2.75, 3.05) is 13.6 Å². The van der Waals surface area contributed by atoms with Crippen LogP contribution in [0, 0.1) is 6.92 Å². The van der Waals surface area contributed by atoms with E-state index in [4.69, 9.17) is 4.42 Å². The summed E-state index contributed by atoms with van der Waals surface area (Å²) in [6, 6.07) is 16.3. The quantitative estimate of drug-likeness (QED) is 0.280. The predicted molar refractivity (Wildman–Crippen MR) is 119 cm³/mol. The van der Waals surface area contributed by atoms with Gasteiger partial charge in [0.05, 0.1) is 29.6 Å². The van der Waals surface area contributed by atoms with Gasteiger partial charge in [-0.3, -0.25) is 4.99 Å². The van der Waals surface area contributed by atoms with Crippen LogP contribution < -0.4 is 10.6 Å². The Bertz CT molecular complexity index is 1130. The number of hydrogen-bond donors (Lipinski definition) is 2. The van der Waals surface area contributed by atoms with Gasteiger partial charge in [0, 0.05) is 25.7 Å². The van der Waals surface area contributed by atoms with Crippen LogP contribution >= 0.6 is 0 Å². The molecule has 0 aliphatic heterocycles. The fraction of sp³-hybridized carbons (Fsp3) is 0.261. The topological polar surface area (TPSA) is 80.3 Å². The molecule has 0 aliphatic carbocycles. The number of hydrogen-bond acceptors (Lipinski definition) is 4. The first-order valence-corrected chi connectivity index (χ1v) is 10.1. The van der Waals surface area contributed by atoms with Gasteiger partial charge in [-0.2, -0.15) is 0 Å². The number of aliphatic imine (C=N–C) groups is 1. The lowest BCUT2D eigenvalue weighted by molar-refractivity contribution is 0.572. The van der Waals surface area contributed by atoms with Gasteiger partial charge in [0.1, 0.15) is 6.26 Å². The average Bonchev–Trinajstić information content (AvgIpc) is 3.41. The molecule has 30 heavy (non-hydrogen) atoms. The zero-order chi connectivity index (χ0) is 20.8. The molecule has 154 valence electrons. The Hall–Kier alpha value is -3.61. The maximum atomic E-state index is 5.61. The lowest BCUT2D eigenvalue weighted by Crippen LogP contribution is -2.37. The van der Waals surface area contributed by atoms with E-state index in [0.717, 1.165) is 47.8 Å². The Morgan fingerprint density at radius 3 is 2.77 bits per heavy atom. The minimum atomic E-state index is 0.543. The Balaban J connectivity index is 1.24. The van der Waals surface area contributed by atoms with Crippen molar-refractivity contribution in [2.45, 2.75) is 26.4 Å². The number of nitrogens with one attached hydrogen (secondary N) is 2. The summed E-state index contributed by atoms with van der Waals surface area (Å²) in [7, 11) is 1.76. The van der Waals surface area contributed by atoms with Crippen molar-refractivity contribution in [2.24, 2.45) is 4.99 Å². The van der Waals surface area contributed by atoms with Crippen molar-refractivity contribution in [1.29, 1.82) is 0 Å². The van der Waals surface area contributed by atoms with Crippen LogP contribution in [0.1, 0.15) is 17.7 Å². The third kappa shape index (κ3) is 4.68. The van der Waals surface area contributed by atoms with Crippen LogP contribution in [0.5, 0.6) is 0 Å². The molecule has 4 rings (SSSR count). The molecule has 0 saturated carbocycles. The standard InChI is InChI=1S/C23H26N6O/c1-17-8-10-18(11-9-17)22-28-19(15-30-22)14-26-23(24-2)25-12-5-13-29-16-27-20-6-3-4-7-21(20)29/h3-4,6-11,15-16H,5,12-14H2,1-2H3,(H2,24,25,26). The first kappa shape index (κ1) is 19.7. The van der Waals surface area contributed by atoms with Crippen molar-refractivity contribution in [3.8, 4) is 11.5 Å². The highest BCUT2D eigenvalue weighted by atomic mass is 16.3. The number of aryl methyl sites for hydroxylation is 2. The van der Waals surface area contributed by atoms with Crippen molar-refractivity contribution >= 4 is 17.0 Å². The third-order valence-corrected chi connectivity index (χ3v) is 4.91. The summed E-state index contributed by atoms with van der Waals surface area (Å²) in [5.74, 6) is 1.37. The molecule has 2 aromatic carbocycles. The smallest absolute Gasteiger partial charge is 0.226 e. The summed E-state index contributed by atoms with van der Waals surface area (Å²) in [6.45, 7) is 4.31. The Morgan fingerprint density at radius 1 is 1.10 bits per heavy atom. The second kappa shape index (κ2) is 9.26. The molecule has 7 heteroatoms. The molecule has 0 amide bonds. The molecule has 0 atom stereocenters. The van der Waals surface area contributed by atoms with E-state index in [1.165, 1.54) is 5.56 Å². The fourth-order valence-corrected chi connectivity index (χ4v) is 3.26. The van der Waals surface area contributed by atoms with Crippen molar-refractivity contribution in [3.63, 3.8) is 0 Å². The third-order valence-electron chi connectivity index (χ3n) is 4.91. The predicted octanol–water partition coefficient (Wildman–Crippen LogP) is 3.76. The highest BCUT2D eigenvalue weighted by Crippen LogP contribution is 2.19. The molecule has 2 aromatic heterocycles. The monoisotopic (exact) mass is 402 g/mol. The second-order valence-corrected chi connectivity index (χ2v) is 7.14. The van der Waals surface area contributed by atoms with E-state index in [-0.39, 0.29) is 0 Å². The van der Waals surface area contributed by atoms with E-state index in [1.54, 1.807) is 13.3 Å². The van der Waals surface area contributed by atoms with Crippen LogP contribution in [-0.4, -0.2) is 34.1 Å². The minimum absolute atomic E-state index is 0.543. The lowest BCUT2D eigenvalue weighted by Gasteiger charge is -2.11. The van der Waals surface area contributed by atoms with Gasteiger partial charge in [0.15, 0.2) is 5.96 Å². The van der Waals surface area contributed by atoms with Gasteiger partial charge in [-0.15, -0.1) is 0 Å². The molecule has 2 heterocycles.